The van der Waals surface area contributed by atoms with Crippen LogP contribution in [0.25, 0.3) is 0 Å². The Labute approximate surface area is 253 Å². The molecule has 0 saturated carbocycles. The Hall–Kier alpha value is -3.04. The fraction of sp³-hybridized carbons (Fsp3) is 0.567. The Morgan fingerprint density at radius 2 is 1.40 bits per heavy atom. The van der Waals surface area contributed by atoms with E-state index in [-0.39, 0.29) is 37.8 Å². The molecule has 1 amide bonds. The van der Waals surface area contributed by atoms with Crippen LogP contribution in [-0.2, 0) is 29.7 Å². The predicted molar refractivity (Wildman–Crippen MR) is 144 cm³/mol. The van der Waals surface area contributed by atoms with Crippen LogP contribution in [0, 0.1) is 0 Å². The molecule has 3 unspecified atom stereocenters. The number of hydrogen-bond donors (Lipinski definition) is 0. The van der Waals surface area contributed by atoms with Crippen LogP contribution in [0.4, 0.5) is 39.5 Å². The first kappa shape index (κ1) is 33.3. The van der Waals surface area contributed by atoms with Gasteiger partial charge in [0.1, 0.15) is 5.75 Å². The van der Waals surface area contributed by atoms with E-state index >= 15 is 0 Å². The summed E-state index contributed by atoms with van der Waals surface area (Å²) < 4.78 is 132. The summed E-state index contributed by atoms with van der Waals surface area (Å²) in [6, 6.07) is 3.23. The molecule has 3 fully saturated rings. The first-order valence-corrected chi connectivity index (χ1v) is 14.5. The molecule has 0 radical (unpaired) electrons. The first-order valence-electron chi connectivity index (χ1n) is 14.5. The molecule has 2 aromatic carbocycles. The smallest absolute Gasteiger partial charge is 0.419 e. The lowest BCUT2D eigenvalue weighted by Crippen LogP contribution is -2.57. The minimum absolute atomic E-state index is 0.00672. The van der Waals surface area contributed by atoms with Crippen molar-refractivity contribution in [1.29, 1.82) is 0 Å². The molecule has 0 spiro atoms. The first-order chi connectivity index (χ1) is 21.0. The average molecular weight is 654 g/mol. The third-order valence-corrected chi connectivity index (χ3v) is 8.56. The van der Waals surface area contributed by atoms with Crippen LogP contribution in [-0.4, -0.2) is 91.8 Å². The molecule has 3 saturated heterocycles. The molecular weight excluding hydrogens is 621 g/mol. The van der Waals surface area contributed by atoms with E-state index in [1.165, 1.54) is 17.0 Å². The summed E-state index contributed by atoms with van der Waals surface area (Å²) in [5.74, 6) is -1.47. The monoisotopic (exact) mass is 653 g/mol. The number of carbonyl (C=O) groups excluding carboxylic acids is 1. The topological polar surface area (TPSA) is 45.2 Å². The SMILES string of the molecule is COc1cc(CC2CN(CCN3CC4CCC(C3)O4)CCN2C(=O)c2cc(C(F)(F)F)cc(C(F)(F)F)c2)ccc1C(F)(F)F. The standard InChI is InChI=1S/C30H32F9N3O3/c1-44-26-11-18(2-5-25(26)30(37,38)39)10-22-15-40(6-7-41-16-23-3-4-24(17-41)45-23)8-9-42(22)27(43)19-12-20(28(31,32)33)14-21(13-19)29(34,35)36/h2,5,11-14,22-24H,3-4,6-10,15-17H2,1H3. The van der Waals surface area contributed by atoms with Gasteiger partial charge in [0, 0.05) is 57.4 Å². The Balaban J connectivity index is 1.41. The number of methoxy groups -OCH3 is 1. The molecule has 0 aromatic heterocycles. The molecule has 3 aliphatic rings. The van der Waals surface area contributed by atoms with Crippen LogP contribution < -0.4 is 4.74 Å². The van der Waals surface area contributed by atoms with Crippen molar-refractivity contribution in [2.75, 3.05) is 52.9 Å². The number of benzene rings is 2. The zero-order valence-corrected chi connectivity index (χ0v) is 24.2. The Bertz CT molecular complexity index is 1330. The molecule has 3 atom stereocenters. The number of rotatable bonds is 7. The van der Waals surface area contributed by atoms with Crippen LogP contribution in [0.15, 0.2) is 36.4 Å². The second-order valence-corrected chi connectivity index (χ2v) is 11.7. The van der Waals surface area contributed by atoms with Gasteiger partial charge in [-0.3, -0.25) is 14.6 Å². The molecule has 248 valence electrons. The van der Waals surface area contributed by atoms with Crippen LogP contribution in [0.2, 0.25) is 0 Å². The number of amides is 1. The van der Waals surface area contributed by atoms with E-state index in [2.05, 4.69) is 4.90 Å². The number of hydrogen-bond acceptors (Lipinski definition) is 5. The number of morpholine rings is 1. The van der Waals surface area contributed by atoms with Gasteiger partial charge in [0.05, 0.1) is 36.0 Å². The Morgan fingerprint density at radius 1 is 0.800 bits per heavy atom. The lowest BCUT2D eigenvalue weighted by Gasteiger charge is -2.43. The quantitative estimate of drug-likeness (QED) is 0.344. The fourth-order valence-electron chi connectivity index (χ4n) is 6.34. The highest BCUT2D eigenvalue weighted by molar-refractivity contribution is 5.95. The van der Waals surface area contributed by atoms with Gasteiger partial charge in [0.15, 0.2) is 0 Å². The van der Waals surface area contributed by atoms with E-state index in [4.69, 9.17) is 9.47 Å². The maximum atomic E-state index is 13.6. The summed E-state index contributed by atoms with van der Waals surface area (Å²) in [6.45, 7) is 3.33. The third-order valence-electron chi connectivity index (χ3n) is 8.56. The number of halogens is 9. The Kier molecular flexibility index (Phi) is 9.35. The van der Waals surface area contributed by atoms with E-state index in [0.717, 1.165) is 39.1 Å². The number of nitrogens with zero attached hydrogens (tertiary/aromatic N) is 3. The van der Waals surface area contributed by atoms with E-state index in [1.807, 2.05) is 4.90 Å². The van der Waals surface area contributed by atoms with Crippen LogP contribution in [0.5, 0.6) is 5.75 Å². The van der Waals surface area contributed by atoms with Gasteiger partial charge in [0.25, 0.3) is 5.91 Å². The van der Waals surface area contributed by atoms with Gasteiger partial charge >= 0.3 is 18.5 Å². The Morgan fingerprint density at radius 3 is 1.96 bits per heavy atom. The van der Waals surface area contributed by atoms with Crippen LogP contribution >= 0.6 is 0 Å². The van der Waals surface area contributed by atoms with Gasteiger partial charge in [-0.1, -0.05) is 6.07 Å². The maximum absolute atomic E-state index is 13.6. The minimum Gasteiger partial charge on any atom is -0.496 e. The van der Waals surface area contributed by atoms with E-state index in [9.17, 15) is 44.3 Å². The molecule has 3 aliphatic heterocycles. The van der Waals surface area contributed by atoms with Crippen molar-refractivity contribution in [3.8, 4) is 5.75 Å². The summed E-state index contributed by atoms with van der Waals surface area (Å²) in [5.41, 5.74) is -4.64. The molecular formula is C30H32F9N3O3. The largest absolute Gasteiger partial charge is 0.496 e. The van der Waals surface area contributed by atoms with Gasteiger partial charge in [-0.25, -0.2) is 0 Å². The van der Waals surface area contributed by atoms with Gasteiger partial charge in [-0.2, -0.15) is 39.5 Å². The summed E-state index contributed by atoms with van der Waals surface area (Å²) >= 11 is 0. The highest BCUT2D eigenvalue weighted by atomic mass is 19.4. The van der Waals surface area contributed by atoms with Crippen molar-refractivity contribution in [3.05, 3.63) is 64.2 Å². The zero-order chi connectivity index (χ0) is 32.7. The molecule has 6 nitrogen and oxygen atoms in total. The minimum atomic E-state index is -5.13. The van der Waals surface area contributed by atoms with Crippen molar-refractivity contribution >= 4 is 5.91 Å². The summed E-state index contributed by atoms with van der Waals surface area (Å²) in [4.78, 5) is 19.2. The summed E-state index contributed by atoms with van der Waals surface area (Å²) in [7, 11) is 1.08. The molecule has 0 N–H and O–H groups in total. The van der Waals surface area contributed by atoms with Crippen LogP contribution in [0.3, 0.4) is 0 Å². The fourth-order valence-corrected chi connectivity index (χ4v) is 6.34. The molecule has 0 aliphatic carbocycles. The summed E-state index contributed by atoms with van der Waals surface area (Å²) in [6.07, 6.45) is -12.6. The van der Waals surface area contributed by atoms with Gasteiger partial charge < -0.3 is 14.4 Å². The predicted octanol–water partition coefficient (Wildman–Crippen LogP) is 5.98. The lowest BCUT2D eigenvalue weighted by molar-refractivity contribution is -0.143. The number of likely N-dealkylation sites (tertiary alicyclic amines) is 1. The molecule has 15 heteroatoms. The second-order valence-electron chi connectivity index (χ2n) is 11.7. The van der Waals surface area contributed by atoms with Crippen molar-refractivity contribution in [2.45, 2.75) is 56.0 Å². The highest BCUT2D eigenvalue weighted by Gasteiger charge is 2.40. The number of alkyl halides is 9. The van der Waals surface area contributed by atoms with Crippen molar-refractivity contribution in [2.24, 2.45) is 0 Å². The maximum Gasteiger partial charge on any atom is 0.419 e. The summed E-state index contributed by atoms with van der Waals surface area (Å²) in [5, 5.41) is 0. The molecule has 2 bridgehead atoms. The van der Waals surface area contributed by atoms with Crippen LogP contribution in [0.1, 0.15) is 45.5 Å². The van der Waals surface area contributed by atoms with E-state index in [1.54, 1.807) is 0 Å². The second kappa shape index (κ2) is 12.6. The van der Waals surface area contributed by atoms with E-state index < -0.39 is 58.5 Å². The average Bonchev–Trinajstić information content (AvgIpc) is 3.31. The number of piperazine rings is 1. The van der Waals surface area contributed by atoms with Gasteiger partial charge in [-0.05, 0) is 55.2 Å². The molecule has 2 aromatic rings. The van der Waals surface area contributed by atoms with Crippen molar-refractivity contribution in [3.63, 3.8) is 0 Å². The molecule has 45 heavy (non-hydrogen) atoms. The van der Waals surface area contributed by atoms with Gasteiger partial charge in [-0.15, -0.1) is 0 Å². The number of ether oxygens (including phenoxy) is 2. The van der Waals surface area contributed by atoms with E-state index in [0.29, 0.717) is 37.3 Å². The highest BCUT2D eigenvalue weighted by Crippen LogP contribution is 2.38. The molecule has 5 rings (SSSR count). The zero-order valence-electron chi connectivity index (χ0n) is 24.2. The normalized spacial score (nSPS) is 23.4. The van der Waals surface area contributed by atoms with Crippen molar-refractivity contribution < 1.29 is 53.8 Å². The van der Waals surface area contributed by atoms with Gasteiger partial charge in [0.2, 0.25) is 0 Å². The number of carbonyl (C=O) groups is 1. The lowest BCUT2D eigenvalue weighted by atomic mass is 9.98. The third kappa shape index (κ3) is 7.86. The molecule has 3 heterocycles. The van der Waals surface area contributed by atoms with Crippen molar-refractivity contribution in [1.82, 2.24) is 14.7 Å². The number of fused-ring (bicyclic) bond motifs is 2.